The van der Waals surface area contributed by atoms with Gasteiger partial charge in [-0.25, -0.2) is 13.1 Å². The van der Waals surface area contributed by atoms with E-state index in [2.05, 4.69) is 15.0 Å². The summed E-state index contributed by atoms with van der Waals surface area (Å²) in [5.74, 6) is -0.115. The third kappa shape index (κ3) is 2.77. The Kier molecular flexibility index (Phi) is 3.54. The maximum atomic E-state index is 12.4. The Labute approximate surface area is 129 Å². The van der Waals surface area contributed by atoms with Crippen LogP contribution >= 0.6 is 0 Å². The SMILES string of the molecule is Cc1cc(CNS(=O)(=O)c2ccc3c(c2)CC(=O)N3)c(C)[nH]1. The summed E-state index contributed by atoms with van der Waals surface area (Å²) in [6.07, 6.45) is 0.217. The second-order valence-electron chi connectivity index (χ2n) is 5.47. The smallest absolute Gasteiger partial charge is 0.240 e. The molecule has 1 amide bonds. The minimum Gasteiger partial charge on any atom is -0.362 e. The molecule has 0 fully saturated rings. The molecular formula is C15H17N3O3S. The van der Waals surface area contributed by atoms with E-state index >= 15 is 0 Å². The molecule has 0 spiro atoms. The Bertz CT molecular complexity index is 853. The predicted molar refractivity (Wildman–Crippen MR) is 83.1 cm³/mol. The molecule has 2 aromatic rings. The molecule has 0 aliphatic carbocycles. The maximum absolute atomic E-state index is 12.4. The van der Waals surface area contributed by atoms with Crippen molar-refractivity contribution in [2.75, 3.05) is 5.32 Å². The van der Waals surface area contributed by atoms with Gasteiger partial charge in [0.05, 0.1) is 11.3 Å². The third-order valence-electron chi connectivity index (χ3n) is 3.72. The normalized spacial score (nSPS) is 14.0. The van der Waals surface area contributed by atoms with Crippen molar-refractivity contribution >= 4 is 21.6 Å². The van der Waals surface area contributed by atoms with Crippen LogP contribution in [0.1, 0.15) is 22.5 Å². The molecule has 0 radical (unpaired) electrons. The van der Waals surface area contributed by atoms with Gasteiger partial charge in [-0.2, -0.15) is 0 Å². The summed E-state index contributed by atoms with van der Waals surface area (Å²) in [4.78, 5) is 14.6. The first kappa shape index (κ1) is 14.8. The van der Waals surface area contributed by atoms with Crippen molar-refractivity contribution in [3.05, 3.63) is 46.8 Å². The number of aromatic nitrogens is 1. The van der Waals surface area contributed by atoms with Crippen LogP contribution in [0.3, 0.4) is 0 Å². The van der Waals surface area contributed by atoms with E-state index in [-0.39, 0.29) is 23.8 Å². The molecule has 7 heteroatoms. The highest BCUT2D eigenvalue weighted by atomic mass is 32.2. The lowest BCUT2D eigenvalue weighted by Gasteiger charge is -2.08. The highest BCUT2D eigenvalue weighted by Crippen LogP contribution is 2.25. The fourth-order valence-corrected chi connectivity index (χ4v) is 3.65. The van der Waals surface area contributed by atoms with Crippen molar-refractivity contribution in [3.8, 4) is 0 Å². The molecule has 1 aliphatic heterocycles. The highest BCUT2D eigenvalue weighted by Gasteiger charge is 2.21. The number of amides is 1. The van der Waals surface area contributed by atoms with Crippen LogP contribution in [0.25, 0.3) is 0 Å². The van der Waals surface area contributed by atoms with Gasteiger partial charge >= 0.3 is 0 Å². The van der Waals surface area contributed by atoms with E-state index in [4.69, 9.17) is 0 Å². The topological polar surface area (TPSA) is 91.1 Å². The van der Waals surface area contributed by atoms with Crippen molar-refractivity contribution in [3.63, 3.8) is 0 Å². The molecule has 22 heavy (non-hydrogen) atoms. The molecule has 0 unspecified atom stereocenters. The molecule has 6 nitrogen and oxygen atoms in total. The standard InChI is InChI=1S/C15H17N3O3S/c1-9-5-12(10(2)17-9)8-16-22(20,21)13-3-4-14-11(6-13)7-15(19)18-14/h3-6,16-17H,7-8H2,1-2H3,(H,18,19). The van der Waals surface area contributed by atoms with Crippen LogP contribution in [-0.4, -0.2) is 19.3 Å². The van der Waals surface area contributed by atoms with Crippen LogP contribution in [0.15, 0.2) is 29.2 Å². The summed E-state index contributed by atoms with van der Waals surface area (Å²) in [6.45, 7) is 4.06. The number of nitrogens with one attached hydrogen (secondary N) is 3. The maximum Gasteiger partial charge on any atom is 0.240 e. The van der Waals surface area contributed by atoms with Gasteiger partial charge in [-0.3, -0.25) is 4.79 Å². The minimum atomic E-state index is -3.61. The van der Waals surface area contributed by atoms with E-state index in [1.807, 2.05) is 19.9 Å². The van der Waals surface area contributed by atoms with Crippen molar-refractivity contribution in [2.24, 2.45) is 0 Å². The van der Waals surface area contributed by atoms with Crippen LogP contribution < -0.4 is 10.0 Å². The van der Waals surface area contributed by atoms with Crippen LogP contribution in [0.2, 0.25) is 0 Å². The Balaban J connectivity index is 1.80. The first-order chi connectivity index (χ1) is 10.3. The number of aryl methyl sites for hydroxylation is 2. The van der Waals surface area contributed by atoms with Gasteiger partial charge in [0.2, 0.25) is 15.9 Å². The average molecular weight is 319 g/mol. The number of benzene rings is 1. The summed E-state index contributed by atoms with van der Waals surface area (Å²) in [7, 11) is -3.61. The second-order valence-corrected chi connectivity index (χ2v) is 7.24. The Morgan fingerprint density at radius 3 is 2.68 bits per heavy atom. The quantitative estimate of drug-likeness (QED) is 0.799. The summed E-state index contributed by atoms with van der Waals surface area (Å²) in [5, 5.41) is 2.69. The number of hydrogen-bond donors (Lipinski definition) is 3. The van der Waals surface area contributed by atoms with E-state index in [0.29, 0.717) is 11.3 Å². The Hall–Kier alpha value is -2.12. The lowest BCUT2D eigenvalue weighted by Crippen LogP contribution is -2.23. The number of hydrogen-bond acceptors (Lipinski definition) is 3. The van der Waals surface area contributed by atoms with Gasteiger partial charge in [-0.15, -0.1) is 0 Å². The highest BCUT2D eigenvalue weighted by molar-refractivity contribution is 7.89. The largest absolute Gasteiger partial charge is 0.362 e. The van der Waals surface area contributed by atoms with Gasteiger partial charge in [0.15, 0.2) is 0 Å². The Morgan fingerprint density at radius 1 is 1.23 bits per heavy atom. The van der Waals surface area contributed by atoms with E-state index in [0.717, 1.165) is 17.0 Å². The van der Waals surface area contributed by atoms with Crippen molar-refractivity contribution < 1.29 is 13.2 Å². The van der Waals surface area contributed by atoms with Gasteiger partial charge in [0.1, 0.15) is 0 Å². The molecule has 0 atom stereocenters. The molecule has 0 bridgehead atoms. The predicted octanol–water partition coefficient (Wildman–Crippen LogP) is 1.60. The van der Waals surface area contributed by atoms with Crippen molar-refractivity contribution in [2.45, 2.75) is 31.7 Å². The fourth-order valence-electron chi connectivity index (χ4n) is 2.59. The summed E-state index contributed by atoms with van der Waals surface area (Å²) in [5.41, 5.74) is 4.25. The van der Waals surface area contributed by atoms with E-state index < -0.39 is 10.0 Å². The van der Waals surface area contributed by atoms with Gasteiger partial charge in [-0.1, -0.05) is 0 Å². The van der Waals surface area contributed by atoms with Crippen LogP contribution in [0.5, 0.6) is 0 Å². The lowest BCUT2D eigenvalue weighted by atomic mass is 10.2. The molecule has 3 rings (SSSR count). The van der Waals surface area contributed by atoms with Crippen LogP contribution in [0.4, 0.5) is 5.69 Å². The number of carbonyl (C=O) groups is 1. The zero-order valence-corrected chi connectivity index (χ0v) is 13.2. The zero-order chi connectivity index (χ0) is 15.9. The van der Waals surface area contributed by atoms with E-state index in [9.17, 15) is 13.2 Å². The molecular weight excluding hydrogens is 302 g/mol. The summed E-state index contributed by atoms with van der Waals surface area (Å²) < 4.78 is 27.4. The van der Waals surface area contributed by atoms with E-state index in [1.54, 1.807) is 12.1 Å². The molecule has 0 saturated carbocycles. The number of fused-ring (bicyclic) bond motifs is 1. The van der Waals surface area contributed by atoms with Crippen molar-refractivity contribution in [1.82, 2.24) is 9.71 Å². The van der Waals surface area contributed by atoms with Gasteiger partial charge < -0.3 is 10.3 Å². The monoisotopic (exact) mass is 319 g/mol. The number of H-pyrrole nitrogens is 1. The van der Waals surface area contributed by atoms with Gasteiger partial charge in [0.25, 0.3) is 0 Å². The lowest BCUT2D eigenvalue weighted by molar-refractivity contribution is -0.115. The first-order valence-corrected chi connectivity index (χ1v) is 8.41. The minimum absolute atomic E-state index is 0.115. The number of aromatic amines is 1. The first-order valence-electron chi connectivity index (χ1n) is 6.93. The molecule has 1 aromatic carbocycles. The average Bonchev–Trinajstić information content (AvgIpc) is 2.96. The van der Waals surface area contributed by atoms with Crippen molar-refractivity contribution in [1.29, 1.82) is 0 Å². The van der Waals surface area contributed by atoms with Crippen LogP contribution in [-0.2, 0) is 27.8 Å². The molecule has 2 heterocycles. The zero-order valence-electron chi connectivity index (χ0n) is 12.4. The molecule has 0 saturated heterocycles. The summed E-state index contributed by atoms with van der Waals surface area (Å²) >= 11 is 0. The number of carbonyl (C=O) groups excluding carboxylic acids is 1. The number of rotatable bonds is 4. The third-order valence-corrected chi connectivity index (χ3v) is 5.12. The number of anilines is 1. The molecule has 1 aromatic heterocycles. The van der Waals surface area contributed by atoms with Gasteiger partial charge in [0, 0.05) is 23.6 Å². The molecule has 1 aliphatic rings. The van der Waals surface area contributed by atoms with Gasteiger partial charge in [-0.05, 0) is 49.2 Å². The number of sulfonamides is 1. The fraction of sp³-hybridized carbons (Fsp3) is 0.267. The van der Waals surface area contributed by atoms with E-state index in [1.165, 1.54) is 6.07 Å². The molecule has 3 N–H and O–H groups in total. The van der Waals surface area contributed by atoms with Crippen LogP contribution in [0, 0.1) is 13.8 Å². The molecule has 116 valence electrons. The second kappa shape index (κ2) is 5.26. The Morgan fingerprint density at radius 2 is 2.00 bits per heavy atom. The summed E-state index contributed by atoms with van der Waals surface area (Å²) in [6, 6.07) is 6.59.